The first kappa shape index (κ1) is 21.9. The highest BCUT2D eigenvalue weighted by Gasteiger charge is 2.25. The molecule has 0 fully saturated rings. The molecule has 33 heavy (non-hydrogen) atoms. The van der Waals surface area contributed by atoms with Crippen molar-refractivity contribution in [1.82, 2.24) is 30.0 Å². The van der Waals surface area contributed by atoms with Crippen molar-refractivity contribution in [2.24, 2.45) is 0 Å². The fourth-order valence-corrected chi connectivity index (χ4v) is 3.26. The van der Waals surface area contributed by atoms with Gasteiger partial charge in [0.05, 0.1) is 11.2 Å². The highest BCUT2D eigenvalue weighted by atomic mass is 19.1. The number of hydrogen-bond acceptors (Lipinski definition) is 6. The molecule has 3 aromatic heterocycles. The monoisotopic (exact) mass is 453 g/mol. The van der Waals surface area contributed by atoms with Gasteiger partial charge in [-0.2, -0.15) is 5.10 Å². The fourth-order valence-electron chi connectivity index (χ4n) is 3.26. The molecular weight excluding hydrogens is 432 g/mol. The molecule has 4 rings (SSSR count). The molecule has 0 saturated carbocycles. The minimum Gasteiger partial charge on any atom is -0.435 e. The lowest BCUT2D eigenvalue weighted by atomic mass is 10.2. The maximum Gasteiger partial charge on any atom is 0.262 e. The molecule has 0 bridgehead atoms. The van der Waals surface area contributed by atoms with E-state index in [0.717, 1.165) is 18.1 Å². The van der Waals surface area contributed by atoms with E-state index in [1.807, 2.05) is 19.1 Å². The first-order valence-corrected chi connectivity index (χ1v) is 9.95. The Hall–Kier alpha value is -4.28. The zero-order valence-corrected chi connectivity index (χ0v) is 18.3. The van der Waals surface area contributed by atoms with E-state index in [2.05, 4.69) is 30.5 Å². The molecule has 0 aliphatic heterocycles. The lowest BCUT2D eigenvalue weighted by Gasteiger charge is -2.17. The third kappa shape index (κ3) is 4.25. The molecule has 0 aliphatic carbocycles. The topological polar surface area (TPSA) is 112 Å². The quantitative estimate of drug-likeness (QED) is 0.395. The minimum atomic E-state index is -0.782. The summed E-state index contributed by atoms with van der Waals surface area (Å²) < 4.78 is 35.2. The molecular formula is C22H21F2N7O2. The van der Waals surface area contributed by atoms with Gasteiger partial charge in [-0.15, -0.1) is 0 Å². The summed E-state index contributed by atoms with van der Waals surface area (Å²) in [6.07, 6.45) is 4.80. The van der Waals surface area contributed by atoms with Gasteiger partial charge in [0.25, 0.3) is 5.91 Å². The van der Waals surface area contributed by atoms with Gasteiger partial charge in [-0.05, 0) is 26.0 Å². The summed E-state index contributed by atoms with van der Waals surface area (Å²) in [6.45, 7) is 3.55. The van der Waals surface area contributed by atoms with Crippen LogP contribution in [0.4, 0.5) is 20.4 Å². The van der Waals surface area contributed by atoms with E-state index in [0.29, 0.717) is 11.5 Å². The number of halogens is 2. The second-order valence-corrected chi connectivity index (χ2v) is 7.45. The number of fused-ring (bicyclic) bond motifs is 1. The average Bonchev–Trinajstić information content (AvgIpc) is 3.38. The van der Waals surface area contributed by atoms with Crippen molar-refractivity contribution in [2.75, 3.05) is 19.4 Å². The van der Waals surface area contributed by atoms with E-state index in [4.69, 9.17) is 4.74 Å². The van der Waals surface area contributed by atoms with Crippen molar-refractivity contribution in [2.45, 2.75) is 13.8 Å². The summed E-state index contributed by atoms with van der Waals surface area (Å²) >= 11 is 0. The van der Waals surface area contributed by atoms with Gasteiger partial charge < -0.3 is 19.9 Å². The number of amides is 1. The Balaban J connectivity index is 1.78. The molecule has 0 atom stereocenters. The molecule has 0 aliphatic rings. The number of allylic oxidation sites excluding steroid dienone is 1. The first-order valence-electron chi connectivity index (χ1n) is 9.95. The van der Waals surface area contributed by atoms with Crippen LogP contribution in [-0.4, -0.2) is 50.1 Å². The predicted molar refractivity (Wildman–Crippen MR) is 120 cm³/mol. The molecule has 1 amide bonds. The van der Waals surface area contributed by atoms with Crippen LogP contribution < -0.4 is 10.1 Å². The van der Waals surface area contributed by atoms with Crippen molar-refractivity contribution in [1.29, 1.82) is 0 Å². The van der Waals surface area contributed by atoms with Gasteiger partial charge in [-0.3, -0.25) is 9.89 Å². The Morgan fingerprint density at radius 3 is 2.73 bits per heavy atom. The molecule has 4 aromatic rings. The fraction of sp³-hybridized carbons (Fsp3) is 0.182. The molecule has 0 unspecified atom stereocenters. The summed E-state index contributed by atoms with van der Waals surface area (Å²) in [5.41, 5.74) is 1.29. The minimum absolute atomic E-state index is 0.0300. The lowest BCUT2D eigenvalue weighted by molar-refractivity contribution is 0.0825. The predicted octanol–water partition coefficient (Wildman–Crippen LogP) is 4.54. The zero-order valence-electron chi connectivity index (χ0n) is 18.3. The van der Waals surface area contributed by atoms with Crippen LogP contribution in [0.2, 0.25) is 0 Å². The summed E-state index contributed by atoms with van der Waals surface area (Å²) in [7, 11) is 3.08. The maximum atomic E-state index is 15.1. The van der Waals surface area contributed by atoms with E-state index < -0.39 is 23.3 Å². The number of aryl methyl sites for hydroxylation is 1. The van der Waals surface area contributed by atoms with Crippen LogP contribution in [0.5, 0.6) is 11.6 Å². The third-order valence-corrected chi connectivity index (χ3v) is 4.73. The number of nitrogens with one attached hydrogen (secondary N) is 3. The highest BCUT2D eigenvalue weighted by Crippen LogP contribution is 2.35. The number of aromatic nitrogens is 5. The third-order valence-electron chi connectivity index (χ3n) is 4.73. The summed E-state index contributed by atoms with van der Waals surface area (Å²) in [5, 5.41) is 9.92. The maximum absolute atomic E-state index is 15.1. The Kier molecular flexibility index (Phi) is 5.78. The van der Waals surface area contributed by atoms with Crippen LogP contribution in [0, 0.1) is 18.6 Å². The largest absolute Gasteiger partial charge is 0.435 e. The smallest absolute Gasteiger partial charge is 0.262 e. The van der Waals surface area contributed by atoms with E-state index in [-0.39, 0.29) is 28.2 Å². The Labute approximate surface area is 187 Å². The van der Waals surface area contributed by atoms with Crippen molar-refractivity contribution < 1.29 is 18.3 Å². The molecule has 3 N–H and O–H groups in total. The normalized spacial score (nSPS) is 11.3. The lowest BCUT2D eigenvalue weighted by Crippen LogP contribution is -2.24. The molecule has 3 heterocycles. The van der Waals surface area contributed by atoms with E-state index in [9.17, 15) is 9.18 Å². The summed E-state index contributed by atoms with van der Waals surface area (Å²) in [4.78, 5) is 25.2. The second-order valence-electron chi connectivity index (χ2n) is 7.45. The molecule has 9 nitrogen and oxygen atoms in total. The number of rotatable bonds is 6. The van der Waals surface area contributed by atoms with Gasteiger partial charge in [-0.25, -0.2) is 18.7 Å². The first-order chi connectivity index (χ1) is 15.8. The molecule has 0 radical (unpaired) electrons. The SMILES string of the molecule is C/C=C/c1cc(Nc2ncnc(Oc3cc(F)c4[nH]c(C)cc4c3F)c2C(=O)N(C)C)n[nH]1. The van der Waals surface area contributed by atoms with Crippen molar-refractivity contribution in [3.8, 4) is 11.6 Å². The Morgan fingerprint density at radius 1 is 1.21 bits per heavy atom. The van der Waals surface area contributed by atoms with Crippen molar-refractivity contribution >= 4 is 34.5 Å². The number of carbonyl (C=O) groups is 1. The molecule has 170 valence electrons. The number of benzene rings is 1. The van der Waals surface area contributed by atoms with Gasteiger partial charge >= 0.3 is 0 Å². The standard InChI is InChI=1S/C22H21F2N7O2/c1-5-6-12-8-16(30-29-12)28-20-17(22(32)31(3)4)21(26-10-25-20)33-15-9-14(23)19-13(18(15)24)7-11(2)27-19/h5-10,27H,1-4H3,(H2,25,26,28,29,30)/b6-5+. The highest BCUT2D eigenvalue weighted by molar-refractivity contribution is 6.01. The van der Waals surface area contributed by atoms with Crippen LogP contribution in [-0.2, 0) is 0 Å². The van der Waals surface area contributed by atoms with Gasteiger partial charge in [0.2, 0.25) is 5.88 Å². The number of ether oxygens (including phenoxy) is 1. The average molecular weight is 453 g/mol. The van der Waals surface area contributed by atoms with Crippen LogP contribution in [0.1, 0.15) is 28.7 Å². The van der Waals surface area contributed by atoms with E-state index in [1.54, 1.807) is 13.0 Å². The molecule has 0 spiro atoms. The zero-order chi connectivity index (χ0) is 23.7. The van der Waals surface area contributed by atoms with Gasteiger partial charge in [0.15, 0.2) is 29.0 Å². The van der Waals surface area contributed by atoms with E-state index >= 15 is 4.39 Å². The Bertz CT molecular complexity index is 1370. The summed E-state index contributed by atoms with van der Waals surface area (Å²) in [6, 6.07) is 4.09. The summed E-state index contributed by atoms with van der Waals surface area (Å²) in [5.74, 6) is -2.15. The van der Waals surface area contributed by atoms with Crippen LogP contribution in [0.15, 0.2) is 30.6 Å². The van der Waals surface area contributed by atoms with Crippen LogP contribution in [0.25, 0.3) is 17.0 Å². The number of H-pyrrole nitrogens is 2. The van der Waals surface area contributed by atoms with Gasteiger partial charge in [0, 0.05) is 37.3 Å². The van der Waals surface area contributed by atoms with Crippen molar-refractivity contribution in [3.05, 3.63) is 59.2 Å². The van der Waals surface area contributed by atoms with Gasteiger partial charge in [-0.1, -0.05) is 6.08 Å². The second kappa shape index (κ2) is 8.69. The van der Waals surface area contributed by atoms with Crippen LogP contribution in [0.3, 0.4) is 0 Å². The number of carbonyl (C=O) groups excluding carboxylic acids is 1. The molecule has 11 heteroatoms. The van der Waals surface area contributed by atoms with Gasteiger partial charge in [0.1, 0.15) is 11.9 Å². The number of nitrogens with zero attached hydrogens (tertiary/aromatic N) is 4. The Morgan fingerprint density at radius 2 is 2.00 bits per heavy atom. The van der Waals surface area contributed by atoms with E-state index in [1.165, 1.54) is 25.1 Å². The number of aromatic amines is 2. The van der Waals surface area contributed by atoms with Crippen LogP contribution >= 0.6 is 0 Å². The molecule has 0 saturated heterocycles. The van der Waals surface area contributed by atoms with Crippen molar-refractivity contribution in [3.63, 3.8) is 0 Å². The number of hydrogen-bond donors (Lipinski definition) is 3. The number of anilines is 2. The molecule has 1 aromatic carbocycles.